The van der Waals surface area contributed by atoms with E-state index in [-0.39, 0.29) is 12.3 Å². The van der Waals surface area contributed by atoms with Gasteiger partial charge >= 0.3 is 5.97 Å². The summed E-state index contributed by atoms with van der Waals surface area (Å²) in [6.45, 7) is 0.246. The SMILES string of the molecule is COC(=O)c1cccc2c1NCCS(=O)(=O)N2. The van der Waals surface area contributed by atoms with Gasteiger partial charge in [-0.1, -0.05) is 6.07 Å². The molecule has 0 spiro atoms. The highest BCUT2D eigenvalue weighted by Crippen LogP contribution is 2.29. The average Bonchev–Trinajstić information content (AvgIpc) is 2.44. The number of para-hydroxylation sites is 1. The van der Waals surface area contributed by atoms with Gasteiger partial charge in [-0.05, 0) is 12.1 Å². The summed E-state index contributed by atoms with van der Waals surface area (Å²) in [7, 11) is -2.07. The van der Waals surface area contributed by atoms with Crippen molar-refractivity contribution in [3.8, 4) is 0 Å². The summed E-state index contributed by atoms with van der Waals surface area (Å²) in [6.07, 6.45) is 0. The molecule has 0 aromatic heterocycles. The lowest BCUT2D eigenvalue weighted by molar-refractivity contribution is 0.0602. The Balaban J connectivity index is 2.52. The number of anilines is 2. The van der Waals surface area contributed by atoms with E-state index >= 15 is 0 Å². The number of benzene rings is 1. The topological polar surface area (TPSA) is 84.5 Å². The third kappa shape index (κ3) is 2.33. The van der Waals surface area contributed by atoms with Crippen LogP contribution in [0.3, 0.4) is 0 Å². The summed E-state index contributed by atoms with van der Waals surface area (Å²) in [4.78, 5) is 11.5. The molecule has 6 nitrogen and oxygen atoms in total. The van der Waals surface area contributed by atoms with Crippen LogP contribution in [0.1, 0.15) is 10.4 Å². The van der Waals surface area contributed by atoms with Crippen LogP contribution in [-0.2, 0) is 14.8 Å². The molecule has 0 aliphatic carbocycles. The number of hydrogen-bond donors (Lipinski definition) is 2. The molecule has 7 heteroatoms. The van der Waals surface area contributed by atoms with E-state index in [9.17, 15) is 13.2 Å². The smallest absolute Gasteiger partial charge is 0.340 e. The van der Waals surface area contributed by atoms with E-state index < -0.39 is 16.0 Å². The predicted molar refractivity (Wildman–Crippen MR) is 63.7 cm³/mol. The summed E-state index contributed by atoms with van der Waals surface area (Å²) in [5.41, 5.74) is 1.14. The van der Waals surface area contributed by atoms with Crippen molar-refractivity contribution in [2.45, 2.75) is 0 Å². The number of carbonyl (C=O) groups excluding carboxylic acids is 1. The number of nitrogens with one attached hydrogen (secondary N) is 2. The summed E-state index contributed by atoms with van der Waals surface area (Å²) in [5.74, 6) is -0.544. The number of fused-ring (bicyclic) bond motifs is 1. The molecule has 1 heterocycles. The second-order valence-corrected chi connectivity index (χ2v) is 5.41. The highest BCUT2D eigenvalue weighted by Gasteiger charge is 2.22. The molecule has 0 unspecified atom stereocenters. The molecular weight excluding hydrogens is 244 g/mol. The number of carbonyl (C=O) groups is 1. The zero-order valence-electron chi connectivity index (χ0n) is 9.19. The Bertz CT molecular complexity index is 553. The first-order valence-electron chi connectivity index (χ1n) is 4.99. The van der Waals surface area contributed by atoms with Gasteiger partial charge in [0.05, 0.1) is 29.8 Å². The molecule has 1 aliphatic heterocycles. The Morgan fingerprint density at radius 1 is 1.41 bits per heavy atom. The van der Waals surface area contributed by atoms with E-state index in [1.165, 1.54) is 7.11 Å². The van der Waals surface area contributed by atoms with Gasteiger partial charge in [-0.2, -0.15) is 0 Å². The van der Waals surface area contributed by atoms with Crippen molar-refractivity contribution in [2.24, 2.45) is 0 Å². The van der Waals surface area contributed by atoms with E-state index in [0.717, 1.165) is 0 Å². The van der Waals surface area contributed by atoms with Crippen LogP contribution >= 0.6 is 0 Å². The van der Waals surface area contributed by atoms with Crippen LogP contribution in [0.2, 0.25) is 0 Å². The number of ether oxygens (including phenoxy) is 1. The molecule has 0 atom stereocenters. The lowest BCUT2D eigenvalue weighted by atomic mass is 10.1. The van der Waals surface area contributed by atoms with Crippen LogP contribution in [0, 0.1) is 0 Å². The van der Waals surface area contributed by atoms with Gasteiger partial charge in [-0.15, -0.1) is 0 Å². The lowest BCUT2D eigenvalue weighted by Gasteiger charge is -2.11. The van der Waals surface area contributed by atoms with Crippen molar-refractivity contribution in [1.82, 2.24) is 0 Å². The molecule has 0 amide bonds. The molecule has 92 valence electrons. The van der Waals surface area contributed by atoms with Gasteiger partial charge in [0.2, 0.25) is 10.0 Å². The second kappa shape index (κ2) is 4.25. The summed E-state index contributed by atoms with van der Waals surface area (Å²) < 4.78 is 30.1. The van der Waals surface area contributed by atoms with E-state index in [1.807, 2.05) is 0 Å². The minimum atomic E-state index is -3.35. The zero-order valence-corrected chi connectivity index (χ0v) is 10.0. The number of sulfonamides is 1. The van der Waals surface area contributed by atoms with E-state index in [0.29, 0.717) is 16.9 Å². The largest absolute Gasteiger partial charge is 0.465 e. The van der Waals surface area contributed by atoms with Crippen LogP contribution in [0.4, 0.5) is 11.4 Å². The van der Waals surface area contributed by atoms with E-state index in [1.54, 1.807) is 18.2 Å². The van der Waals surface area contributed by atoms with Crippen LogP contribution in [0.25, 0.3) is 0 Å². The number of methoxy groups -OCH3 is 1. The molecule has 1 aromatic rings. The Morgan fingerprint density at radius 2 is 2.18 bits per heavy atom. The highest BCUT2D eigenvalue weighted by atomic mass is 32.2. The maximum absolute atomic E-state index is 11.5. The van der Waals surface area contributed by atoms with Gasteiger partial charge < -0.3 is 10.1 Å². The second-order valence-electron chi connectivity index (χ2n) is 3.57. The number of esters is 1. The normalized spacial score (nSPS) is 17.0. The molecule has 2 rings (SSSR count). The molecule has 0 bridgehead atoms. The maximum atomic E-state index is 11.5. The first-order valence-corrected chi connectivity index (χ1v) is 6.64. The molecule has 17 heavy (non-hydrogen) atoms. The molecule has 2 N–H and O–H groups in total. The molecule has 0 saturated heterocycles. The number of hydrogen-bond acceptors (Lipinski definition) is 5. The van der Waals surface area contributed by atoms with Crippen molar-refractivity contribution < 1.29 is 17.9 Å². The summed E-state index contributed by atoms with van der Waals surface area (Å²) in [6, 6.07) is 4.77. The quantitative estimate of drug-likeness (QED) is 0.720. The van der Waals surface area contributed by atoms with Crippen LogP contribution in [-0.4, -0.2) is 33.8 Å². The molecule has 0 saturated carbocycles. The first-order chi connectivity index (χ1) is 8.03. The van der Waals surface area contributed by atoms with Crippen molar-refractivity contribution in [3.63, 3.8) is 0 Å². The Morgan fingerprint density at radius 3 is 2.88 bits per heavy atom. The average molecular weight is 256 g/mol. The van der Waals surface area contributed by atoms with Crippen molar-refractivity contribution in [3.05, 3.63) is 23.8 Å². The third-order valence-corrected chi connectivity index (χ3v) is 3.68. The van der Waals surface area contributed by atoms with Gasteiger partial charge in [0.25, 0.3) is 0 Å². The minimum Gasteiger partial charge on any atom is -0.465 e. The molecule has 1 aliphatic rings. The van der Waals surface area contributed by atoms with Crippen molar-refractivity contribution >= 4 is 27.4 Å². The Hall–Kier alpha value is -1.76. The fourth-order valence-electron chi connectivity index (χ4n) is 1.64. The highest BCUT2D eigenvalue weighted by molar-refractivity contribution is 7.92. The monoisotopic (exact) mass is 256 g/mol. The maximum Gasteiger partial charge on any atom is 0.340 e. The number of rotatable bonds is 1. The molecule has 1 aromatic carbocycles. The van der Waals surface area contributed by atoms with Gasteiger partial charge in [0.1, 0.15) is 0 Å². The van der Waals surface area contributed by atoms with Crippen LogP contribution < -0.4 is 10.0 Å². The first kappa shape index (κ1) is 11.7. The predicted octanol–water partition coefficient (Wildman–Crippen LogP) is 0.640. The Kier molecular flexibility index (Phi) is 2.93. The lowest BCUT2D eigenvalue weighted by Crippen LogP contribution is -2.17. The minimum absolute atomic E-state index is 0.0394. The molecular formula is C10H12N2O4S. The van der Waals surface area contributed by atoms with Crippen LogP contribution in [0.15, 0.2) is 18.2 Å². The fourth-order valence-corrected chi connectivity index (χ4v) is 2.61. The van der Waals surface area contributed by atoms with Gasteiger partial charge in [-0.3, -0.25) is 4.72 Å². The molecule has 0 radical (unpaired) electrons. The van der Waals surface area contributed by atoms with Gasteiger partial charge in [-0.25, -0.2) is 13.2 Å². The van der Waals surface area contributed by atoms with Gasteiger partial charge in [0.15, 0.2) is 0 Å². The van der Waals surface area contributed by atoms with Crippen molar-refractivity contribution in [1.29, 1.82) is 0 Å². The van der Waals surface area contributed by atoms with E-state index in [2.05, 4.69) is 14.8 Å². The van der Waals surface area contributed by atoms with E-state index in [4.69, 9.17) is 0 Å². The van der Waals surface area contributed by atoms with Crippen molar-refractivity contribution in [2.75, 3.05) is 29.4 Å². The Labute approximate surface area is 99.0 Å². The summed E-state index contributed by atoms with van der Waals surface area (Å²) in [5, 5.41) is 2.92. The molecule has 0 fully saturated rings. The fraction of sp³-hybridized carbons (Fsp3) is 0.300. The third-order valence-electron chi connectivity index (χ3n) is 2.41. The summed E-state index contributed by atoms with van der Waals surface area (Å²) >= 11 is 0. The van der Waals surface area contributed by atoms with Gasteiger partial charge in [0, 0.05) is 6.54 Å². The zero-order chi connectivity index (χ0) is 12.5. The van der Waals surface area contributed by atoms with Crippen LogP contribution in [0.5, 0.6) is 0 Å². The standard InChI is InChI=1S/C10H12N2O4S/c1-16-10(13)7-3-2-4-8-9(7)11-5-6-17(14,15)12-8/h2-4,11-12H,5-6H2,1H3.